The van der Waals surface area contributed by atoms with Crippen molar-refractivity contribution >= 4 is 15.9 Å². The van der Waals surface area contributed by atoms with Crippen LogP contribution in [0.25, 0.3) is 11.1 Å². The van der Waals surface area contributed by atoms with Crippen molar-refractivity contribution in [2.75, 3.05) is 0 Å². The van der Waals surface area contributed by atoms with E-state index in [1.165, 1.54) is 20.8 Å². The number of aryl methyl sites for hydroxylation is 2. The van der Waals surface area contributed by atoms with Gasteiger partial charge in [0.2, 0.25) is 15.9 Å². The molecule has 0 spiro atoms. The number of hydrogen-bond donors (Lipinski definition) is 2. The Labute approximate surface area is 176 Å². The van der Waals surface area contributed by atoms with Crippen molar-refractivity contribution < 1.29 is 17.7 Å². The van der Waals surface area contributed by atoms with Crippen LogP contribution in [0, 0.1) is 13.8 Å². The van der Waals surface area contributed by atoms with Crippen LogP contribution in [0.15, 0.2) is 64.0 Å². The van der Waals surface area contributed by atoms with Crippen LogP contribution in [0.4, 0.5) is 0 Å². The summed E-state index contributed by atoms with van der Waals surface area (Å²) in [5.41, 5.74) is 3.37. The van der Waals surface area contributed by atoms with Crippen molar-refractivity contribution in [1.82, 2.24) is 15.2 Å². The van der Waals surface area contributed by atoms with E-state index in [9.17, 15) is 13.2 Å². The Kier molecular flexibility index (Phi) is 6.38. The number of carbonyl (C=O) groups is 1. The molecular formula is C22H25N3O4S. The third-order valence-corrected chi connectivity index (χ3v) is 6.62. The SMILES string of the molecule is Cc1noc(C)c1S(=O)(=O)N[C@@H](C)C(=O)N[C@H](C)c1ccc(-c2ccccc2)cc1. The number of nitrogens with one attached hydrogen (secondary N) is 2. The molecule has 2 atom stereocenters. The highest BCUT2D eigenvalue weighted by molar-refractivity contribution is 7.89. The second kappa shape index (κ2) is 8.81. The monoisotopic (exact) mass is 427 g/mol. The van der Waals surface area contributed by atoms with E-state index in [2.05, 4.69) is 15.2 Å². The molecule has 8 heteroatoms. The zero-order chi connectivity index (χ0) is 21.9. The van der Waals surface area contributed by atoms with Crippen LogP contribution in [-0.4, -0.2) is 25.5 Å². The van der Waals surface area contributed by atoms with Gasteiger partial charge >= 0.3 is 0 Å². The number of amides is 1. The van der Waals surface area contributed by atoms with Crippen molar-refractivity contribution in [3.05, 3.63) is 71.6 Å². The molecule has 3 aromatic rings. The molecule has 158 valence electrons. The minimum atomic E-state index is -3.93. The lowest BCUT2D eigenvalue weighted by Crippen LogP contribution is -2.45. The van der Waals surface area contributed by atoms with Crippen LogP contribution in [0.2, 0.25) is 0 Å². The molecule has 0 saturated carbocycles. The predicted octanol–water partition coefficient (Wildman–Crippen LogP) is 3.50. The molecular weight excluding hydrogens is 402 g/mol. The van der Waals surface area contributed by atoms with Gasteiger partial charge in [-0.3, -0.25) is 4.79 Å². The zero-order valence-electron chi connectivity index (χ0n) is 17.3. The summed E-state index contributed by atoms with van der Waals surface area (Å²) >= 11 is 0. The number of rotatable bonds is 7. The molecule has 0 radical (unpaired) electrons. The maximum Gasteiger partial charge on any atom is 0.246 e. The summed E-state index contributed by atoms with van der Waals surface area (Å²) in [6.45, 7) is 6.40. The van der Waals surface area contributed by atoms with Gasteiger partial charge in [0.05, 0.1) is 12.1 Å². The Bertz CT molecular complexity index is 1100. The summed E-state index contributed by atoms with van der Waals surface area (Å²) < 4.78 is 32.5. The molecule has 1 amide bonds. The lowest BCUT2D eigenvalue weighted by atomic mass is 10.0. The first-order valence-electron chi connectivity index (χ1n) is 9.60. The maximum absolute atomic E-state index is 12.6. The Morgan fingerprint density at radius 3 is 2.13 bits per heavy atom. The Balaban J connectivity index is 1.65. The number of nitrogens with zero attached hydrogens (tertiary/aromatic N) is 1. The highest BCUT2D eigenvalue weighted by atomic mass is 32.2. The smallest absolute Gasteiger partial charge is 0.246 e. The van der Waals surface area contributed by atoms with Crippen molar-refractivity contribution in [3.63, 3.8) is 0 Å². The second-order valence-corrected chi connectivity index (χ2v) is 8.87. The first-order chi connectivity index (χ1) is 14.2. The van der Waals surface area contributed by atoms with E-state index in [-0.39, 0.29) is 22.4 Å². The molecule has 0 fully saturated rings. The van der Waals surface area contributed by atoms with Crippen LogP contribution in [0.5, 0.6) is 0 Å². The third-order valence-electron chi connectivity index (χ3n) is 4.84. The topological polar surface area (TPSA) is 101 Å². The molecule has 0 unspecified atom stereocenters. The zero-order valence-corrected chi connectivity index (χ0v) is 18.2. The second-order valence-electron chi connectivity index (χ2n) is 7.21. The van der Waals surface area contributed by atoms with Crippen molar-refractivity contribution in [1.29, 1.82) is 0 Å². The minimum Gasteiger partial charge on any atom is -0.360 e. The van der Waals surface area contributed by atoms with E-state index in [0.717, 1.165) is 16.7 Å². The summed E-state index contributed by atoms with van der Waals surface area (Å²) in [5.74, 6) is -0.246. The van der Waals surface area contributed by atoms with Gasteiger partial charge < -0.3 is 9.84 Å². The molecule has 2 aromatic carbocycles. The van der Waals surface area contributed by atoms with Crippen LogP contribution >= 0.6 is 0 Å². The standard InChI is InChI=1S/C22H25N3O4S/c1-14(18-10-12-20(13-11-18)19-8-6-5-7-9-19)23-22(26)16(3)25-30(27,28)21-15(2)24-29-17(21)4/h5-14,16,25H,1-4H3,(H,23,26)/t14-,16+/m1/s1. The first-order valence-corrected chi connectivity index (χ1v) is 11.1. The Morgan fingerprint density at radius 2 is 1.57 bits per heavy atom. The fourth-order valence-electron chi connectivity index (χ4n) is 3.22. The van der Waals surface area contributed by atoms with Gasteiger partial charge in [0.25, 0.3) is 0 Å². The maximum atomic E-state index is 12.6. The molecule has 0 aliphatic carbocycles. The quantitative estimate of drug-likeness (QED) is 0.601. The average molecular weight is 428 g/mol. The van der Waals surface area contributed by atoms with Gasteiger partial charge in [-0.25, -0.2) is 8.42 Å². The molecule has 30 heavy (non-hydrogen) atoms. The Hall–Kier alpha value is -2.97. The highest BCUT2D eigenvalue weighted by Gasteiger charge is 2.28. The van der Waals surface area contributed by atoms with E-state index in [0.29, 0.717) is 0 Å². The van der Waals surface area contributed by atoms with Gasteiger partial charge in [-0.1, -0.05) is 59.8 Å². The van der Waals surface area contributed by atoms with Gasteiger partial charge in [0.15, 0.2) is 5.76 Å². The Morgan fingerprint density at radius 1 is 0.967 bits per heavy atom. The van der Waals surface area contributed by atoms with Crippen LogP contribution in [-0.2, 0) is 14.8 Å². The molecule has 2 N–H and O–H groups in total. The van der Waals surface area contributed by atoms with E-state index >= 15 is 0 Å². The molecule has 0 bridgehead atoms. The summed E-state index contributed by atoms with van der Waals surface area (Å²) in [7, 11) is -3.93. The first kappa shape index (κ1) is 21.7. The normalized spacial score (nSPS) is 13.6. The van der Waals surface area contributed by atoms with E-state index in [1.807, 2.05) is 61.5 Å². The average Bonchev–Trinajstić information content (AvgIpc) is 3.07. The van der Waals surface area contributed by atoms with Gasteiger partial charge in [0.1, 0.15) is 10.6 Å². The molecule has 7 nitrogen and oxygen atoms in total. The van der Waals surface area contributed by atoms with Crippen LogP contribution in [0.3, 0.4) is 0 Å². The summed E-state index contributed by atoms with van der Waals surface area (Å²) in [4.78, 5) is 12.5. The number of aromatic nitrogens is 1. The van der Waals surface area contributed by atoms with E-state index in [1.54, 1.807) is 0 Å². The lowest BCUT2D eigenvalue weighted by molar-refractivity contribution is -0.123. The summed E-state index contributed by atoms with van der Waals surface area (Å²) in [6, 6.07) is 16.7. The molecule has 3 rings (SSSR count). The summed E-state index contributed by atoms with van der Waals surface area (Å²) in [5, 5.41) is 6.50. The predicted molar refractivity (Wildman–Crippen MR) is 114 cm³/mol. The molecule has 1 heterocycles. The number of carbonyl (C=O) groups excluding carboxylic acids is 1. The van der Waals surface area contributed by atoms with Gasteiger partial charge in [0, 0.05) is 0 Å². The van der Waals surface area contributed by atoms with Crippen molar-refractivity contribution in [2.24, 2.45) is 0 Å². The van der Waals surface area contributed by atoms with Crippen LogP contribution in [0.1, 0.15) is 36.9 Å². The van der Waals surface area contributed by atoms with Gasteiger partial charge in [-0.05, 0) is 44.4 Å². The lowest BCUT2D eigenvalue weighted by Gasteiger charge is -2.19. The summed E-state index contributed by atoms with van der Waals surface area (Å²) in [6.07, 6.45) is 0. The molecule has 1 aromatic heterocycles. The van der Waals surface area contributed by atoms with Crippen molar-refractivity contribution in [2.45, 2.75) is 44.7 Å². The molecule has 0 aliphatic heterocycles. The molecule has 0 saturated heterocycles. The highest BCUT2D eigenvalue weighted by Crippen LogP contribution is 2.22. The van der Waals surface area contributed by atoms with Crippen LogP contribution < -0.4 is 10.0 Å². The van der Waals surface area contributed by atoms with Gasteiger partial charge in [-0.2, -0.15) is 4.72 Å². The number of hydrogen-bond acceptors (Lipinski definition) is 5. The number of sulfonamides is 1. The van der Waals surface area contributed by atoms with Crippen molar-refractivity contribution in [3.8, 4) is 11.1 Å². The molecule has 0 aliphatic rings. The van der Waals surface area contributed by atoms with E-state index < -0.39 is 22.0 Å². The number of benzene rings is 2. The van der Waals surface area contributed by atoms with E-state index in [4.69, 9.17) is 4.52 Å². The third kappa shape index (κ3) is 4.77. The fraction of sp³-hybridized carbons (Fsp3) is 0.273. The largest absolute Gasteiger partial charge is 0.360 e. The van der Waals surface area contributed by atoms with Gasteiger partial charge in [-0.15, -0.1) is 0 Å². The fourth-order valence-corrected chi connectivity index (χ4v) is 4.75. The minimum absolute atomic E-state index is 0.0355.